The molecule has 0 bridgehead atoms. The molecule has 106 valence electrons. The summed E-state index contributed by atoms with van der Waals surface area (Å²) in [5, 5.41) is 15.5. The van der Waals surface area contributed by atoms with E-state index in [-0.39, 0.29) is 11.8 Å². The predicted molar refractivity (Wildman–Crippen MR) is 73.3 cm³/mol. The Bertz CT molecular complexity index is 377. The van der Waals surface area contributed by atoms with E-state index in [1.807, 2.05) is 13.8 Å². The third-order valence-electron chi connectivity index (χ3n) is 4.62. The molecule has 0 radical (unpaired) electrons. The molecular formula is C14H24N4O. The standard InChI is InChI=1S/C14H24N4O/c1-10(2)14(3,9-15)17-13(19)8-18-6-11-4-16-5-12(11)7-18/h10-12,16H,4-8H2,1-3H3,(H,17,19)/t11-,12+,14?. The molecule has 3 atom stereocenters. The Morgan fingerprint density at radius 2 is 2.05 bits per heavy atom. The first-order valence-electron chi connectivity index (χ1n) is 7.10. The van der Waals surface area contributed by atoms with Crippen LogP contribution in [0.25, 0.3) is 0 Å². The number of nitrogens with one attached hydrogen (secondary N) is 2. The van der Waals surface area contributed by atoms with Crippen molar-refractivity contribution in [3.63, 3.8) is 0 Å². The second-order valence-electron chi connectivity index (χ2n) is 6.39. The molecule has 2 saturated heterocycles. The molecule has 2 N–H and O–H groups in total. The molecule has 2 fully saturated rings. The summed E-state index contributed by atoms with van der Waals surface area (Å²) in [6, 6.07) is 2.21. The van der Waals surface area contributed by atoms with E-state index >= 15 is 0 Å². The molecule has 0 aromatic carbocycles. The van der Waals surface area contributed by atoms with Gasteiger partial charge in [-0.05, 0) is 37.8 Å². The lowest BCUT2D eigenvalue weighted by molar-refractivity contribution is -0.123. The summed E-state index contributed by atoms with van der Waals surface area (Å²) >= 11 is 0. The number of carbonyl (C=O) groups is 1. The van der Waals surface area contributed by atoms with Gasteiger partial charge in [0.05, 0.1) is 12.6 Å². The fourth-order valence-electron chi connectivity index (χ4n) is 2.92. The van der Waals surface area contributed by atoms with Crippen molar-refractivity contribution in [1.82, 2.24) is 15.5 Å². The monoisotopic (exact) mass is 264 g/mol. The third-order valence-corrected chi connectivity index (χ3v) is 4.62. The predicted octanol–water partition coefficient (Wildman–Crippen LogP) is 0.192. The average molecular weight is 264 g/mol. The molecule has 2 rings (SSSR count). The van der Waals surface area contributed by atoms with Crippen LogP contribution in [0, 0.1) is 29.1 Å². The minimum atomic E-state index is -0.770. The van der Waals surface area contributed by atoms with Gasteiger partial charge in [0, 0.05) is 13.1 Å². The lowest BCUT2D eigenvalue weighted by Crippen LogP contribution is -2.51. The van der Waals surface area contributed by atoms with Gasteiger partial charge >= 0.3 is 0 Å². The fourth-order valence-corrected chi connectivity index (χ4v) is 2.92. The average Bonchev–Trinajstić information content (AvgIpc) is 2.88. The van der Waals surface area contributed by atoms with Crippen molar-refractivity contribution in [2.45, 2.75) is 26.3 Å². The molecule has 5 nitrogen and oxygen atoms in total. The molecule has 5 heteroatoms. The molecule has 0 aromatic heterocycles. The molecule has 1 amide bonds. The summed E-state index contributed by atoms with van der Waals surface area (Å²) in [5.74, 6) is 1.45. The van der Waals surface area contributed by atoms with Crippen molar-refractivity contribution in [1.29, 1.82) is 5.26 Å². The Morgan fingerprint density at radius 1 is 1.47 bits per heavy atom. The topological polar surface area (TPSA) is 68.2 Å². The van der Waals surface area contributed by atoms with Crippen molar-refractivity contribution >= 4 is 5.91 Å². The van der Waals surface area contributed by atoms with Gasteiger partial charge in [-0.2, -0.15) is 5.26 Å². The quantitative estimate of drug-likeness (QED) is 0.761. The number of amides is 1. The minimum absolute atomic E-state index is 0.0364. The van der Waals surface area contributed by atoms with Crippen molar-refractivity contribution in [2.75, 3.05) is 32.7 Å². The molecule has 19 heavy (non-hydrogen) atoms. The molecule has 0 aliphatic carbocycles. The van der Waals surface area contributed by atoms with Crippen molar-refractivity contribution in [2.24, 2.45) is 17.8 Å². The largest absolute Gasteiger partial charge is 0.337 e. The van der Waals surface area contributed by atoms with Gasteiger partial charge in [0.15, 0.2) is 0 Å². The van der Waals surface area contributed by atoms with Crippen LogP contribution in [-0.4, -0.2) is 49.1 Å². The number of carbonyl (C=O) groups excluding carboxylic acids is 1. The zero-order valence-electron chi connectivity index (χ0n) is 12.1. The molecule has 2 aliphatic rings. The number of rotatable bonds is 4. The van der Waals surface area contributed by atoms with Crippen LogP contribution >= 0.6 is 0 Å². The Labute approximate surface area is 115 Å². The van der Waals surface area contributed by atoms with Gasteiger partial charge in [0.2, 0.25) is 5.91 Å². The molecule has 2 heterocycles. The van der Waals surface area contributed by atoms with E-state index < -0.39 is 5.54 Å². The van der Waals surface area contributed by atoms with Crippen LogP contribution < -0.4 is 10.6 Å². The summed E-state index contributed by atoms with van der Waals surface area (Å²) in [4.78, 5) is 14.3. The van der Waals surface area contributed by atoms with E-state index in [9.17, 15) is 10.1 Å². The Balaban J connectivity index is 1.84. The number of nitrogens with zero attached hydrogens (tertiary/aromatic N) is 2. The Hall–Kier alpha value is -1.12. The summed E-state index contributed by atoms with van der Waals surface area (Å²) in [5.41, 5.74) is -0.770. The van der Waals surface area contributed by atoms with E-state index in [4.69, 9.17) is 0 Å². The van der Waals surface area contributed by atoms with Crippen molar-refractivity contribution < 1.29 is 4.79 Å². The van der Waals surface area contributed by atoms with Crippen LogP contribution in [-0.2, 0) is 4.79 Å². The molecule has 0 spiro atoms. The van der Waals surface area contributed by atoms with Crippen molar-refractivity contribution in [3.8, 4) is 6.07 Å². The Kier molecular flexibility index (Phi) is 4.12. The minimum Gasteiger partial charge on any atom is -0.337 e. The molecular weight excluding hydrogens is 240 g/mol. The number of fused-ring (bicyclic) bond motifs is 1. The highest BCUT2D eigenvalue weighted by Crippen LogP contribution is 2.25. The van der Waals surface area contributed by atoms with Crippen LogP contribution in [0.15, 0.2) is 0 Å². The van der Waals surface area contributed by atoms with Gasteiger partial charge in [-0.3, -0.25) is 9.69 Å². The van der Waals surface area contributed by atoms with E-state index in [2.05, 4.69) is 21.6 Å². The van der Waals surface area contributed by atoms with Crippen LogP contribution in [0.2, 0.25) is 0 Å². The Morgan fingerprint density at radius 3 is 2.53 bits per heavy atom. The fraction of sp³-hybridized carbons (Fsp3) is 0.857. The SMILES string of the molecule is CC(C)C(C)(C#N)NC(=O)CN1C[C@H]2CNC[C@H]2C1. The smallest absolute Gasteiger partial charge is 0.235 e. The van der Waals surface area contributed by atoms with E-state index in [0.717, 1.165) is 26.2 Å². The van der Waals surface area contributed by atoms with Gasteiger partial charge in [0.25, 0.3) is 0 Å². The lowest BCUT2D eigenvalue weighted by atomic mass is 9.90. The molecule has 0 aromatic rings. The molecule has 2 aliphatic heterocycles. The summed E-state index contributed by atoms with van der Waals surface area (Å²) < 4.78 is 0. The summed E-state index contributed by atoms with van der Waals surface area (Å²) in [6.07, 6.45) is 0. The normalized spacial score (nSPS) is 29.8. The van der Waals surface area contributed by atoms with Gasteiger partial charge in [-0.1, -0.05) is 13.8 Å². The third kappa shape index (κ3) is 3.07. The lowest BCUT2D eigenvalue weighted by Gasteiger charge is -2.28. The second-order valence-corrected chi connectivity index (χ2v) is 6.39. The van der Waals surface area contributed by atoms with Gasteiger partial charge < -0.3 is 10.6 Å². The molecule has 1 unspecified atom stereocenters. The number of likely N-dealkylation sites (tertiary alicyclic amines) is 1. The number of hydrogen-bond acceptors (Lipinski definition) is 4. The van der Waals surface area contributed by atoms with E-state index in [1.54, 1.807) is 6.92 Å². The zero-order valence-corrected chi connectivity index (χ0v) is 12.1. The summed E-state index contributed by atoms with van der Waals surface area (Å²) in [7, 11) is 0. The second kappa shape index (κ2) is 5.48. The zero-order chi connectivity index (χ0) is 14.0. The van der Waals surface area contributed by atoms with Gasteiger partial charge in [-0.15, -0.1) is 0 Å². The summed E-state index contributed by atoms with van der Waals surface area (Å²) in [6.45, 7) is 10.3. The first kappa shape index (κ1) is 14.3. The first-order chi connectivity index (χ1) is 8.94. The van der Waals surface area contributed by atoms with E-state index in [1.165, 1.54) is 0 Å². The number of nitriles is 1. The highest BCUT2D eigenvalue weighted by atomic mass is 16.2. The van der Waals surface area contributed by atoms with Gasteiger partial charge in [-0.25, -0.2) is 0 Å². The van der Waals surface area contributed by atoms with Gasteiger partial charge in [0.1, 0.15) is 5.54 Å². The molecule has 0 saturated carbocycles. The van der Waals surface area contributed by atoms with Crippen molar-refractivity contribution in [3.05, 3.63) is 0 Å². The van der Waals surface area contributed by atoms with Crippen LogP contribution in [0.4, 0.5) is 0 Å². The number of hydrogen-bond donors (Lipinski definition) is 2. The van der Waals surface area contributed by atoms with Crippen LogP contribution in [0.1, 0.15) is 20.8 Å². The van der Waals surface area contributed by atoms with Crippen LogP contribution in [0.5, 0.6) is 0 Å². The maximum absolute atomic E-state index is 12.1. The maximum atomic E-state index is 12.1. The van der Waals surface area contributed by atoms with Crippen LogP contribution in [0.3, 0.4) is 0 Å². The highest BCUT2D eigenvalue weighted by Gasteiger charge is 2.37. The highest BCUT2D eigenvalue weighted by molar-refractivity contribution is 5.79. The maximum Gasteiger partial charge on any atom is 0.235 e. The first-order valence-corrected chi connectivity index (χ1v) is 7.10. The van der Waals surface area contributed by atoms with E-state index in [0.29, 0.717) is 18.4 Å².